The zero-order valence-corrected chi connectivity index (χ0v) is 12.4. The van der Waals surface area contributed by atoms with E-state index in [1.54, 1.807) is 0 Å². The van der Waals surface area contributed by atoms with E-state index in [1.165, 1.54) is 5.56 Å². The Balaban J connectivity index is 2.20. The van der Waals surface area contributed by atoms with Crippen molar-refractivity contribution in [3.63, 3.8) is 0 Å². The molecule has 2 aromatic carbocycles. The fraction of sp³-hybridized carbons (Fsp3) is 0.188. The van der Waals surface area contributed by atoms with Crippen molar-refractivity contribution in [3.8, 4) is 0 Å². The Hall–Kier alpha value is -2.00. The summed E-state index contributed by atoms with van der Waals surface area (Å²) in [5, 5.41) is 3.67. The fourth-order valence-electron chi connectivity index (χ4n) is 1.88. The number of hydrogen-bond acceptors (Lipinski definition) is 1. The number of aliphatic imine (C=N–C) groups is 1. The van der Waals surface area contributed by atoms with Gasteiger partial charge in [0.15, 0.2) is 5.96 Å². The highest BCUT2D eigenvalue weighted by molar-refractivity contribution is 6.33. The molecular formula is C16H18ClN3. The minimum absolute atomic E-state index is 0.325. The van der Waals surface area contributed by atoms with Crippen LogP contribution < -0.4 is 11.1 Å². The summed E-state index contributed by atoms with van der Waals surface area (Å²) in [6, 6.07) is 13.7. The Morgan fingerprint density at radius 3 is 2.80 bits per heavy atom. The van der Waals surface area contributed by atoms with Crippen molar-refractivity contribution >= 4 is 28.9 Å². The van der Waals surface area contributed by atoms with Crippen LogP contribution in [-0.2, 0) is 6.42 Å². The molecule has 4 heteroatoms. The lowest BCUT2D eigenvalue weighted by Crippen LogP contribution is -2.22. The highest BCUT2D eigenvalue weighted by Crippen LogP contribution is 2.25. The van der Waals surface area contributed by atoms with E-state index in [0.29, 0.717) is 16.7 Å². The normalized spacial score (nSPS) is 11.4. The molecular weight excluding hydrogens is 270 g/mol. The zero-order valence-electron chi connectivity index (χ0n) is 11.7. The summed E-state index contributed by atoms with van der Waals surface area (Å²) in [5.41, 5.74) is 9.86. The number of anilines is 1. The first-order chi connectivity index (χ1) is 9.58. The third-order valence-corrected chi connectivity index (χ3v) is 3.27. The Labute approximate surface area is 124 Å². The SMILES string of the molecule is CCc1cccc(NC(N)=Nc2cc(C)ccc2Cl)c1. The predicted molar refractivity (Wildman–Crippen MR) is 86.9 cm³/mol. The quantitative estimate of drug-likeness (QED) is 0.654. The average Bonchev–Trinajstić information content (AvgIpc) is 2.43. The molecule has 0 bridgehead atoms. The van der Waals surface area contributed by atoms with E-state index in [2.05, 4.69) is 29.4 Å². The van der Waals surface area contributed by atoms with Crippen LogP contribution in [0, 0.1) is 6.92 Å². The summed E-state index contributed by atoms with van der Waals surface area (Å²) < 4.78 is 0. The van der Waals surface area contributed by atoms with Crippen LogP contribution in [0.15, 0.2) is 47.5 Å². The van der Waals surface area contributed by atoms with Crippen molar-refractivity contribution in [1.29, 1.82) is 0 Å². The van der Waals surface area contributed by atoms with Crippen molar-refractivity contribution in [2.45, 2.75) is 20.3 Å². The maximum absolute atomic E-state index is 6.10. The van der Waals surface area contributed by atoms with Crippen LogP contribution >= 0.6 is 11.6 Å². The molecule has 3 nitrogen and oxygen atoms in total. The third kappa shape index (κ3) is 3.75. The van der Waals surface area contributed by atoms with Crippen molar-refractivity contribution in [2.24, 2.45) is 10.7 Å². The largest absolute Gasteiger partial charge is 0.369 e. The Morgan fingerprint density at radius 1 is 1.25 bits per heavy atom. The molecule has 0 atom stereocenters. The number of rotatable bonds is 3. The van der Waals surface area contributed by atoms with Crippen LogP contribution in [-0.4, -0.2) is 5.96 Å². The first kappa shape index (κ1) is 14.4. The lowest BCUT2D eigenvalue weighted by Gasteiger charge is -2.08. The highest BCUT2D eigenvalue weighted by Gasteiger charge is 2.01. The second-order valence-corrected chi connectivity index (χ2v) is 5.04. The Bertz CT molecular complexity index is 635. The van der Waals surface area contributed by atoms with Crippen molar-refractivity contribution < 1.29 is 0 Å². The Morgan fingerprint density at radius 2 is 2.05 bits per heavy atom. The van der Waals surface area contributed by atoms with Gasteiger partial charge in [-0.25, -0.2) is 4.99 Å². The molecule has 104 valence electrons. The summed E-state index contributed by atoms with van der Waals surface area (Å²) in [6.45, 7) is 4.10. The van der Waals surface area contributed by atoms with E-state index in [1.807, 2.05) is 37.3 Å². The van der Waals surface area contributed by atoms with Gasteiger partial charge in [-0.3, -0.25) is 0 Å². The lowest BCUT2D eigenvalue weighted by atomic mass is 10.1. The summed E-state index contributed by atoms with van der Waals surface area (Å²) >= 11 is 6.10. The second-order valence-electron chi connectivity index (χ2n) is 4.63. The Kier molecular flexibility index (Phi) is 4.64. The molecule has 2 aromatic rings. The van der Waals surface area contributed by atoms with E-state index in [4.69, 9.17) is 17.3 Å². The van der Waals surface area contributed by atoms with Crippen LogP contribution in [0.1, 0.15) is 18.1 Å². The average molecular weight is 288 g/mol. The molecule has 0 unspecified atom stereocenters. The number of nitrogens with two attached hydrogens (primary N) is 1. The van der Waals surface area contributed by atoms with Gasteiger partial charge in [-0.1, -0.05) is 36.7 Å². The molecule has 3 N–H and O–H groups in total. The summed E-state index contributed by atoms with van der Waals surface area (Å²) in [5.74, 6) is 0.325. The number of nitrogens with zero attached hydrogens (tertiary/aromatic N) is 1. The molecule has 0 fully saturated rings. The molecule has 0 aliphatic heterocycles. The maximum Gasteiger partial charge on any atom is 0.198 e. The number of guanidine groups is 1. The second kappa shape index (κ2) is 6.44. The summed E-state index contributed by atoms with van der Waals surface area (Å²) in [7, 11) is 0. The lowest BCUT2D eigenvalue weighted by molar-refractivity contribution is 1.14. The van der Waals surface area contributed by atoms with Crippen LogP contribution in [0.25, 0.3) is 0 Å². The monoisotopic (exact) mass is 287 g/mol. The van der Waals surface area contributed by atoms with Crippen molar-refractivity contribution in [1.82, 2.24) is 0 Å². The smallest absolute Gasteiger partial charge is 0.198 e. The minimum Gasteiger partial charge on any atom is -0.369 e. The number of aryl methyl sites for hydroxylation is 2. The number of benzene rings is 2. The standard InChI is InChI=1S/C16H18ClN3/c1-3-12-5-4-6-13(10-12)19-16(18)20-15-9-11(2)7-8-14(15)17/h4-10H,3H2,1-2H3,(H3,18,19,20). The zero-order chi connectivity index (χ0) is 14.5. The van der Waals surface area contributed by atoms with E-state index in [-0.39, 0.29) is 0 Å². The van der Waals surface area contributed by atoms with Crippen molar-refractivity contribution in [2.75, 3.05) is 5.32 Å². The number of hydrogen-bond donors (Lipinski definition) is 2. The van der Waals surface area contributed by atoms with Crippen molar-refractivity contribution in [3.05, 3.63) is 58.6 Å². The number of halogens is 1. The summed E-state index contributed by atoms with van der Waals surface area (Å²) in [6.07, 6.45) is 0.982. The maximum atomic E-state index is 6.10. The van der Waals surface area contributed by atoms with Gasteiger partial charge in [-0.2, -0.15) is 0 Å². The molecule has 0 aliphatic rings. The van der Waals surface area contributed by atoms with E-state index in [9.17, 15) is 0 Å². The fourth-order valence-corrected chi connectivity index (χ4v) is 2.04. The van der Waals surface area contributed by atoms with Gasteiger partial charge in [0.1, 0.15) is 0 Å². The van der Waals surface area contributed by atoms with E-state index < -0.39 is 0 Å². The van der Waals surface area contributed by atoms with Gasteiger partial charge in [0.2, 0.25) is 0 Å². The molecule has 0 aromatic heterocycles. The molecule has 0 heterocycles. The summed E-state index contributed by atoms with van der Waals surface area (Å²) in [4.78, 5) is 4.32. The molecule has 0 spiro atoms. The molecule has 0 saturated heterocycles. The molecule has 2 rings (SSSR count). The van der Waals surface area contributed by atoms with E-state index >= 15 is 0 Å². The van der Waals surface area contributed by atoms with Crippen LogP contribution in [0.5, 0.6) is 0 Å². The van der Waals surface area contributed by atoms with Crippen LogP contribution in [0.3, 0.4) is 0 Å². The van der Waals surface area contributed by atoms with Gasteiger partial charge in [0.25, 0.3) is 0 Å². The van der Waals surface area contributed by atoms with Gasteiger partial charge < -0.3 is 11.1 Å². The molecule has 0 saturated carbocycles. The first-order valence-electron chi connectivity index (χ1n) is 6.54. The van der Waals surface area contributed by atoms with Crippen LogP contribution in [0.2, 0.25) is 5.02 Å². The first-order valence-corrected chi connectivity index (χ1v) is 6.92. The van der Waals surface area contributed by atoms with E-state index in [0.717, 1.165) is 17.7 Å². The highest BCUT2D eigenvalue weighted by atomic mass is 35.5. The van der Waals surface area contributed by atoms with Gasteiger partial charge >= 0.3 is 0 Å². The van der Waals surface area contributed by atoms with Crippen LogP contribution in [0.4, 0.5) is 11.4 Å². The van der Waals surface area contributed by atoms with Gasteiger partial charge in [-0.15, -0.1) is 0 Å². The number of nitrogens with one attached hydrogen (secondary N) is 1. The molecule has 0 aliphatic carbocycles. The molecule has 0 amide bonds. The van der Waals surface area contributed by atoms with Gasteiger partial charge in [0, 0.05) is 5.69 Å². The molecule has 20 heavy (non-hydrogen) atoms. The molecule has 0 radical (unpaired) electrons. The van der Waals surface area contributed by atoms with Gasteiger partial charge in [-0.05, 0) is 48.7 Å². The minimum atomic E-state index is 0.325. The van der Waals surface area contributed by atoms with Gasteiger partial charge in [0.05, 0.1) is 10.7 Å². The predicted octanol–water partition coefficient (Wildman–Crippen LogP) is 4.27. The third-order valence-electron chi connectivity index (χ3n) is 2.95. The topological polar surface area (TPSA) is 50.4 Å².